The van der Waals surface area contributed by atoms with Crippen molar-refractivity contribution in [2.45, 2.75) is 12.7 Å². The van der Waals surface area contributed by atoms with Crippen molar-refractivity contribution in [3.05, 3.63) is 24.0 Å². The summed E-state index contributed by atoms with van der Waals surface area (Å²) in [6, 6.07) is 4.42. The third-order valence-electron chi connectivity index (χ3n) is 2.72. The molecule has 0 radical (unpaired) electrons. The standard InChI is InChI=1S/C12H14F3N3O2/c13-12(14,15)11-17-9-7-8(16)1-2-10(9)18(11)3-5-20-6-4-19/h1-2,7,19H,3-6,16H2. The Morgan fingerprint density at radius 2 is 2.05 bits per heavy atom. The molecule has 0 amide bonds. The number of halogens is 3. The third-order valence-corrected chi connectivity index (χ3v) is 2.72. The molecule has 0 saturated heterocycles. The van der Waals surface area contributed by atoms with Crippen molar-refractivity contribution in [2.75, 3.05) is 25.6 Å². The SMILES string of the molecule is Nc1ccc2c(c1)nc(C(F)(F)F)n2CCOCCO. The number of imidazole rings is 1. The van der Waals surface area contributed by atoms with E-state index in [0.29, 0.717) is 11.2 Å². The molecule has 0 atom stereocenters. The van der Waals surface area contributed by atoms with Crippen molar-refractivity contribution < 1.29 is 23.0 Å². The van der Waals surface area contributed by atoms with Gasteiger partial charge in [0.25, 0.3) is 0 Å². The van der Waals surface area contributed by atoms with Gasteiger partial charge in [-0.3, -0.25) is 0 Å². The molecule has 2 rings (SSSR count). The number of hydrogen-bond acceptors (Lipinski definition) is 4. The third kappa shape index (κ3) is 3.02. The highest BCUT2D eigenvalue weighted by molar-refractivity contribution is 5.79. The quantitative estimate of drug-likeness (QED) is 0.648. The summed E-state index contributed by atoms with van der Waals surface area (Å²) in [7, 11) is 0. The van der Waals surface area contributed by atoms with Crippen molar-refractivity contribution in [3.63, 3.8) is 0 Å². The summed E-state index contributed by atoms with van der Waals surface area (Å²) in [6.45, 7) is -0.0387. The average Bonchev–Trinajstić information content (AvgIpc) is 2.72. The van der Waals surface area contributed by atoms with Gasteiger partial charge in [0, 0.05) is 12.2 Å². The highest BCUT2D eigenvalue weighted by Crippen LogP contribution is 2.31. The second-order valence-corrected chi connectivity index (χ2v) is 4.17. The molecule has 5 nitrogen and oxygen atoms in total. The fraction of sp³-hybridized carbons (Fsp3) is 0.417. The van der Waals surface area contributed by atoms with Gasteiger partial charge < -0.3 is 20.1 Å². The second-order valence-electron chi connectivity index (χ2n) is 4.17. The van der Waals surface area contributed by atoms with E-state index in [0.717, 1.165) is 4.57 Å². The Balaban J connectivity index is 2.37. The van der Waals surface area contributed by atoms with Gasteiger partial charge in [-0.25, -0.2) is 4.98 Å². The number of ether oxygens (including phenoxy) is 1. The van der Waals surface area contributed by atoms with E-state index in [1.165, 1.54) is 18.2 Å². The second kappa shape index (κ2) is 5.68. The van der Waals surface area contributed by atoms with Crippen LogP contribution in [0, 0.1) is 0 Å². The van der Waals surface area contributed by atoms with Gasteiger partial charge in [0.1, 0.15) is 0 Å². The van der Waals surface area contributed by atoms with Gasteiger partial charge >= 0.3 is 6.18 Å². The summed E-state index contributed by atoms with van der Waals surface area (Å²) in [4.78, 5) is 3.60. The number of alkyl halides is 3. The molecular weight excluding hydrogens is 275 g/mol. The zero-order valence-corrected chi connectivity index (χ0v) is 10.5. The Morgan fingerprint density at radius 1 is 1.30 bits per heavy atom. The number of anilines is 1. The average molecular weight is 289 g/mol. The van der Waals surface area contributed by atoms with Crippen LogP contribution in [-0.4, -0.2) is 34.5 Å². The first-order valence-corrected chi connectivity index (χ1v) is 5.95. The molecular formula is C12H14F3N3O2. The molecule has 0 aliphatic carbocycles. The Kier molecular flexibility index (Phi) is 4.15. The lowest BCUT2D eigenvalue weighted by molar-refractivity contribution is -0.147. The van der Waals surface area contributed by atoms with E-state index in [2.05, 4.69) is 4.98 Å². The van der Waals surface area contributed by atoms with Gasteiger partial charge in [-0.05, 0) is 18.2 Å². The van der Waals surface area contributed by atoms with E-state index in [-0.39, 0.29) is 31.9 Å². The summed E-state index contributed by atoms with van der Waals surface area (Å²) >= 11 is 0. The largest absolute Gasteiger partial charge is 0.449 e. The van der Waals surface area contributed by atoms with Gasteiger partial charge in [-0.1, -0.05) is 0 Å². The Morgan fingerprint density at radius 3 is 2.70 bits per heavy atom. The lowest BCUT2D eigenvalue weighted by Crippen LogP contribution is -2.17. The van der Waals surface area contributed by atoms with E-state index in [9.17, 15) is 13.2 Å². The molecule has 0 aliphatic rings. The molecule has 3 N–H and O–H groups in total. The number of fused-ring (bicyclic) bond motifs is 1. The summed E-state index contributed by atoms with van der Waals surface area (Å²) in [5.41, 5.74) is 6.44. The summed E-state index contributed by atoms with van der Waals surface area (Å²) in [5.74, 6) is -0.981. The van der Waals surface area contributed by atoms with Crippen LogP contribution in [0.25, 0.3) is 11.0 Å². The molecule has 0 aliphatic heterocycles. The van der Waals surface area contributed by atoms with Crippen LogP contribution in [0.4, 0.5) is 18.9 Å². The molecule has 1 aromatic heterocycles. The van der Waals surface area contributed by atoms with E-state index in [1.54, 1.807) is 0 Å². The lowest BCUT2D eigenvalue weighted by Gasteiger charge is -2.11. The summed E-state index contributed by atoms with van der Waals surface area (Å²) in [6.07, 6.45) is -4.55. The molecule has 0 unspecified atom stereocenters. The van der Waals surface area contributed by atoms with Crippen molar-refractivity contribution in [3.8, 4) is 0 Å². The molecule has 0 saturated carbocycles. The Hall–Kier alpha value is -1.80. The van der Waals surface area contributed by atoms with Crippen LogP contribution in [-0.2, 0) is 17.5 Å². The number of rotatable bonds is 5. The van der Waals surface area contributed by atoms with Crippen LogP contribution in [0.15, 0.2) is 18.2 Å². The summed E-state index contributed by atoms with van der Waals surface area (Å²) < 4.78 is 45.0. The van der Waals surface area contributed by atoms with Crippen molar-refractivity contribution in [2.24, 2.45) is 0 Å². The number of nitrogen functional groups attached to an aromatic ring is 1. The number of hydrogen-bond donors (Lipinski definition) is 2. The van der Waals surface area contributed by atoms with E-state index < -0.39 is 12.0 Å². The minimum Gasteiger partial charge on any atom is -0.399 e. The summed E-state index contributed by atoms with van der Waals surface area (Å²) in [5, 5.41) is 8.57. The number of benzene rings is 1. The van der Waals surface area contributed by atoms with Crippen LogP contribution < -0.4 is 5.73 Å². The van der Waals surface area contributed by atoms with Crippen molar-refractivity contribution in [1.82, 2.24) is 9.55 Å². The Bertz CT molecular complexity index is 595. The molecule has 110 valence electrons. The van der Waals surface area contributed by atoms with Crippen molar-refractivity contribution >= 4 is 16.7 Å². The van der Waals surface area contributed by atoms with E-state index in [1.807, 2.05) is 0 Å². The first kappa shape index (κ1) is 14.6. The monoisotopic (exact) mass is 289 g/mol. The lowest BCUT2D eigenvalue weighted by atomic mass is 10.3. The molecule has 0 fully saturated rings. The van der Waals surface area contributed by atoms with Crippen molar-refractivity contribution in [1.29, 1.82) is 0 Å². The Labute approximate surface area is 112 Å². The number of aromatic nitrogens is 2. The minimum absolute atomic E-state index is 0.00470. The highest BCUT2D eigenvalue weighted by atomic mass is 19.4. The van der Waals surface area contributed by atoms with E-state index in [4.69, 9.17) is 15.6 Å². The maximum absolute atomic E-state index is 13.0. The van der Waals surface area contributed by atoms with Crippen LogP contribution in [0.2, 0.25) is 0 Å². The van der Waals surface area contributed by atoms with Gasteiger partial charge in [-0.2, -0.15) is 13.2 Å². The predicted molar refractivity (Wildman–Crippen MR) is 67.1 cm³/mol. The highest BCUT2D eigenvalue weighted by Gasteiger charge is 2.37. The number of nitrogens with zero attached hydrogens (tertiary/aromatic N) is 2. The van der Waals surface area contributed by atoms with E-state index >= 15 is 0 Å². The molecule has 20 heavy (non-hydrogen) atoms. The van der Waals surface area contributed by atoms with Crippen LogP contribution >= 0.6 is 0 Å². The number of aliphatic hydroxyl groups excluding tert-OH is 1. The van der Waals surface area contributed by atoms with Crippen LogP contribution in [0.3, 0.4) is 0 Å². The van der Waals surface area contributed by atoms with Crippen LogP contribution in [0.5, 0.6) is 0 Å². The van der Waals surface area contributed by atoms with Gasteiger partial charge in [0.05, 0.1) is 30.9 Å². The topological polar surface area (TPSA) is 73.3 Å². The molecule has 1 aromatic carbocycles. The maximum atomic E-state index is 13.0. The molecule has 2 aromatic rings. The zero-order valence-electron chi connectivity index (χ0n) is 10.5. The number of nitrogens with two attached hydrogens (primary N) is 1. The van der Waals surface area contributed by atoms with Gasteiger partial charge in [-0.15, -0.1) is 0 Å². The fourth-order valence-corrected chi connectivity index (χ4v) is 1.91. The normalized spacial score (nSPS) is 12.2. The molecule has 0 spiro atoms. The minimum atomic E-state index is -4.55. The van der Waals surface area contributed by atoms with Crippen LogP contribution in [0.1, 0.15) is 5.82 Å². The first-order chi connectivity index (χ1) is 9.43. The molecule has 1 heterocycles. The zero-order chi connectivity index (χ0) is 14.8. The molecule has 0 bridgehead atoms. The number of aliphatic hydroxyl groups is 1. The fourth-order valence-electron chi connectivity index (χ4n) is 1.91. The predicted octanol–water partition coefficient (Wildman–Crippen LogP) is 1.65. The first-order valence-electron chi connectivity index (χ1n) is 5.95. The smallest absolute Gasteiger partial charge is 0.399 e. The van der Waals surface area contributed by atoms with Gasteiger partial charge in [0.15, 0.2) is 0 Å². The maximum Gasteiger partial charge on any atom is 0.449 e. The molecule has 8 heteroatoms. The van der Waals surface area contributed by atoms with Gasteiger partial charge in [0.2, 0.25) is 5.82 Å².